The summed E-state index contributed by atoms with van der Waals surface area (Å²) in [6.45, 7) is 3.46. The highest BCUT2D eigenvalue weighted by Gasteiger charge is 2.03. The van der Waals surface area contributed by atoms with E-state index in [0.29, 0.717) is 6.61 Å². The zero-order chi connectivity index (χ0) is 15.9. The number of anilines is 1. The van der Waals surface area contributed by atoms with Crippen molar-refractivity contribution in [2.45, 2.75) is 20.1 Å². The van der Waals surface area contributed by atoms with Gasteiger partial charge in [0.25, 0.3) is 0 Å². The van der Waals surface area contributed by atoms with Gasteiger partial charge in [-0.15, -0.1) is 0 Å². The van der Waals surface area contributed by atoms with E-state index in [1.807, 2.05) is 36.4 Å². The van der Waals surface area contributed by atoms with Crippen molar-refractivity contribution in [1.82, 2.24) is 0 Å². The first-order valence-electron chi connectivity index (χ1n) is 7.86. The number of ether oxygens (including phenoxy) is 1. The lowest BCUT2D eigenvalue weighted by Gasteiger charge is -2.13. The molecular weight excluding hydrogens is 282 g/mol. The molecule has 0 saturated carbocycles. The topological polar surface area (TPSA) is 21.3 Å². The van der Waals surface area contributed by atoms with Crippen LogP contribution < -0.4 is 10.1 Å². The maximum absolute atomic E-state index is 5.97. The average Bonchev–Trinajstić information content (AvgIpc) is 2.61. The van der Waals surface area contributed by atoms with Crippen molar-refractivity contribution < 1.29 is 4.74 Å². The molecule has 2 heteroatoms. The number of benzene rings is 3. The van der Waals surface area contributed by atoms with Crippen LogP contribution in [0.1, 0.15) is 16.7 Å². The molecule has 0 aliphatic carbocycles. The smallest absolute Gasteiger partial charge is 0.142 e. The summed E-state index contributed by atoms with van der Waals surface area (Å²) in [7, 11) is 0. The van der Waals surface area contributed by atoms with Crippen LogP contribution in [0.25, 0.3) is 0 Å². The molecule has 0 bridgehead atoms. The minimum Gasteiger partial charge on any atom is -0.487 e. The first kappa shape index (κ1) is 15.2. The van der Waals surface area contributed by atoms with Crippen LogP contribution in [-0.2, 0) is 13.2 Å². The van der Waals surface area contributed by atoms with E-state index >= 15 is 0 Å². The normalized spacial score (nSPS) is 10.3. The van der Waals surface area contributed by atoms with Gasteiger partial charge in [0.2, 0.25) is 0 Å². The quantitative estimate of drug-likeness (QED) is 0.677. The van der Waals surface area contributed by atoms with Crippen LogP contribution in [0, 0.1) is 6.92 Å². The van der Waals surface area contributed by atoms with Crippen LogP contribution in [0.4, 0.5) is 5.69 Å². The van der Waals surface area contributed by atoms with Crippen LogP contribution >= 0.6 is 0 Å². The lowest BCUT2D eigenvalue weighted by atomic mass is 10.1. The van der Waals surface area contributed by atoms with Gasteiger partial charge in [-0.1, -0.05) is 72.3 Å². The van der Waals surface area contributed by atoms with Crippen LogP contribution in [0.15, 0.2) is 78.9 Å². The number of para-hydroxylation sites is 2. The minimum absolute atomic E-state index is 0.573. The van der Waals surface area contributed by atoms with Crippen molar-refractivity contribution in [3.63, 3.8) is 0 Å². The SMILES string of the molecule is Cc1ccc(CNc2ccccc2OCc2ccccc2)cc1. The zero-order valence-electron chi connectivity index (χ0n) is 13.3. The Morgan fingerprint density at radius 1 is 0.739 bits per heavy atom. The molecule has 2 nitrogen and oxygen atoms in total. The number of nitrogens with one attached hydrogen (secondary N) is 1. The van der Waals surface area contributed by atoms with Crippen molar-refractivity contribution in [3.8, 4) is 5.75 Å². The highest BCUT2D eigenvalue weighted by Crippen LogP contribution is 2.25. The summed E-state index contributed by atoms with van der Waals surface area (Å²) < 4.78 is 5.97. The van der Waals surface area contributed by atoms with E-state index in [0.717, 1.165) is 18.0 Å². The Hall–Kier alpha value is -2.74. The predicted molar refractivity (Wildman–Crippen MR) is 95.7 cm³/mol. The van der Waals surface area contributed by atoms with Gasteiger partial charge in [0, 0.05) is 6.54 Å². The fourth-order valence-corrected chi connectivity index (χ4v) is 2.38. The Morgan fingerprint density at radius 2 is 1.43 bits per heavy atom. The molecule has 0 unspecified atom stereocenters. The molecule has 0 aliphatic heterocycles. The molecule has 0 aliphatic rings. The fraction of sp³-hybridized carbons (Fsp3) is 0.143. The minimum atomic E-state index is 0.573. The van der Waals surface area contributed by atoms with E-state index in [9.17, 15) is 0 Å². The van der Waals surface area contributed by atoms with Gasteiger partial charge in [-0.3, -0.25) is 0 Å². The Morgan fingerprint density at radius 3 is 2.22 bits per heavy atom. The van der Waals surface area contributed by atoms with E-state index in [-0.39, 0.29) is 0 Å². The molecule has 3 aromatic rings. The second kappa shape index (κ2) is 7.50. The monoisotopic (exact) mass is 303 g/mol. The first-order valence-corrected chi connectivity index (χ1v) is 7.86. The zero-order valence-corrected chi connectivity index (χ0v) is 13.3. The van der Waals surface area contributed by atoms with Gasteiger partial charge in [0.05, 0.1) is 5.69 Å². The van der Waals surface area contributed by atoms with Crippen LogP contribution in [0.3, 0.4) is 0 Å². The van der Waals surface area contributed by atoms with Gasteiger partial charge in [-0.2, -0.15) is 0 Å². The maximum atomic E-state index is 5.97. The van der Waals surface area contributed by atoms with Crippen LogP contribution in [0.5, 0.6) is 5.75 Å². The molecule has 1 N–H and O–H groups in total. The highest BCUT2D eigenvalue weighted by atomic mass is 16.5. The molecule has 0 amide bonds. The van der Waals surface area contributed by atoms with E-state index < -0.39 is 0 Å². The van der Waals surface area contributed by atoms with Crippen molar-refractivity contribution in [3.05, 3.63) is 95.6 Å². The molecule has 0 radical (unpaired) electrons. The van der Waals surface area contributed by atoms with Crippen LogP contribution in [-0.4, -0.2) is 0 Å². The van der Waals surface area contributed by atoms with Crippen molar-refractivity contribution in [1.29, 1.82) is 0 Å². The molecule has 0 atom stereocenters. The second-order valence-corrected chi connectivity index (χ2v) is 5.61. The van der Waals surface area contributed by atoms with E-state index in [1.165, 1.54) is 16.7 Å². The van der Waals surface area contributed by atoms with Gasteiger partial charge < -0.3 is 10.1 Å². The highest BCUT2D eigenvalue weighted by molar-refractivity contribution is 5.56. The van der Waals surface area contributed by atoms with Gasteiger partial charge in [-0.05, 0) is 30.2 Å². The molecule has 116 valence electrons. The predicted octanol–water partition coefficient (Wildman–Crippen LogP) is 5.19. The van der Waals surface area contributed by atoms with Crippen molar-refractivity contribution in [2.75, 3.05) is 5.32 Å². The summed E-state index contributed by atoms with van der Waals surface area (Å²) in [4.78, 5) is 0. The summed E-state index contributed by atoms with van der Waals surface area (Å²) in [6, 6.07) is 26.8. The molecule has 0 saturated heterocycles. The average molecular weight is 303 g/mol. The van der Waals surface area contributed by atoms with Crippen molar-refractivity contribution >= 4 is 5.69 Å². The number of hydrogen-bond donors (Lipinski definition) is 1. The Balaban J connectivity index is 1.64. The third-order valence-electron chi connectivity index (χ3n) is 3.73. The van der Waals surface area contributed by atoms with Gasteiger partial charge >= 0.3 is 0 Å². The molecule has 0 heterocycles. The summed E-state index contributed by atoms with van der Waals surface area (Å²) in [5, 5.41) is 3.46. The summed E-state index contributed by atoms with van der Waals surface area (Å²) in [6.07, 6.45) is 0. The van der Waals surface area contributed by atoms with E-state index in [1.54, 1.807) is 0 Å². The molecule has 0 fully saturated rings. The lowest BCUT2D eigenvalue weighted by molar-refractivity contribution is 0.307. The number of hydrogen-bond acceptors (Lipinski definition) is 2. The lowest BCUT2D eigenvalue weighted by Crippen LogP contribution is -2.03. The van der Waals surface area contributed by atoms with E-state index in [4.69, 9.17) is 4.74 Å². The Bertz CT molecular complexity index is 735. The number of aryl methyl sites for hydroxylation is 1. The molecule has 0 aromatic heterocycles. The molecule has 3 rings (SSSR count). The summed E-state index contributed by atoms with van der Waals surface area (Å²) in [5.41, 5.74) is 4.72. The second-order valence-electron chi connectivity index (χ2n) is 5.61. The van der Waals surface area contributed by atoms with E-state index in [2.05, 4.69) is 54.7 Å². The van der Waals surface area contributed by atoms with Gasteiger partial charge in [-0.25, -0.2) is 0 Å². The van der Waals surface area contributed by atoms with Crippen molar-refractivity contribution in [2.24, 2.45) is 0 Å². The molecule has 3 aromatic carbocycles. The fourth-order valence-electron chi connectivity index (χ4n) is 2.38. The van der Waals surface area contributed by atoms with Gasteiger partial charge in [0.15, 0.2) is 0 Å². The Labute approximate surface area is 137 Å². The maximum Gasteiger partial charge on any atom is 0.142 e. The third kappa shape index (κ3) is 4.36. The van der Waals surface area contributed by atoms with Gasteiger partial charge in [0.1, 0.15) is 12.4 Å². The molecule has 0 spiro atoms. The molecule has 23 heavy (non-hydrogen) atoms. The number of rotatable bonds is 6. The Kier molecular flexibility index (Phi) is 4.95. The summed E-state index contributed by atoms with van der Waals surface area (Å²) in [5.74, 6) is 0.878. The largest absolute Gasteiger partial charge is 0.487 e. The first-order chi connectivity index (χ1) is 11.3. The molecular formula is C21H21NO. The third-order valence-corrected chi connectivity index (χ3v) is 3.73. The summed E-state index contributed by atoms with van der Waals surface area (Å²) >= 11 is 0. The van der Waals surface area contributed by atoms with Crippen LogP contribution in [0.2, 0.25) is 0 Å². The standard InChI is InChI=1S/C21H21NO/c1-17-11-13-18(14-12-17)15-22-20-9-5-6-10-21(20)23-16-19-7-3-2-4-8-19/h2-14,22H,15-16H2,1H3.